The van der Waals surface area contributed by atoms with E-state index in [1.54, 1.807) is 20.8 Å². The fourth-order valence-corrected chi connectivity index (χ4v) is 3.37. The van der Waals surface area contributed by atoms with Crippen molar-refractivity contribution in [1.29, 1.82) is 0 Å². The Balaban J connectivity index is 2.17. The maximum Gasteiger partial charge on any atom is 0.417 e. The molecular weight excluding hydrogens is 430 g/mol. The fraction of sp³-hybridized carbons (Fsp3) is 0.550. The predicted octanol–water partition coefficient (Wildman–Crippen LogP) is 5.21. The first-order chi connectivity index (χ1) is 14.4. The Labute approximate surface area is 174 Å². The summed E-state index contributed by atoms with van der Waals surface area (Å²) in [6.07, 6.45) is -9.75. The van der Waals surface area contributed by atoms with Gasteiger partial charge in [-0.05, 0) is 26.8 Å². The quantitative estimate of drug-likeness (QED) is 0.564. The molecule has 0 saturated heterocycles. The molecule has 5 nitrogen and oxygen atoms in total. The minimum absolute atomic E-state index is 0.0202. The number of benzene rings is 1. The Morgan fingerprint density at radius 2 is 1.87 bits per heavy atom. The van der Waals surface area contributed by atoms with Gasteiger partial charge in [0.2, 0.25) is 5.88 Å². The second-order valence-electron chi connectivity index (χ2n) is 7.38. The number of hydrogen-bond donors (Lipinski definition) is 0. The second kappa shape index (κ2) is 8.60. The van der Waals surface area contributed by atoms with Gasteiger partial charge >= 0.3 is 12.4 Å². The smallest absolute Gasteiger partial charge is 0.417 e. The van der Waals surface area contributed by atoms with E-state index in [0.717, 1.165) is 17.0 Å². The van der Waals surface area contributed by atoms with Crippen molar-refractivity contribution in [2.75, 3.05) is 31.3 Å². The number of pyridine rings is 1. The molecule has 1 atom stereocenters. The highest BCUT2D eigenvalue weighted by molar-refractivity contribution is 5.90. The zero-order valence-electron chi connectivity index (χ0n) is 17.1. The van der Waals surface area contributed by atoms with Crippen LogP contribution in [-0.4, -0.2) is 49.7 Å². The zero-order valence-corrected chi connectivity index (χ0v) is 17.1. The van der Waals surface area contributed by atoms with Gasteiger partial charge in [-0.25, -0.2) is 4.98 Å². The molecule has 0 spiro atoms. The summed E-state index contributed by atoms with van der Waals surface area (Å²) < 4.78 is 97.2. The third-order valence-corrected chi connectivity index (χ3v) is 4.57. The molecule has 1 aromatic heterocycles. The summed E-state index contributed by atoms with van der Waals surface area (Å²) in [6, 6.07) is 2.21. The number of aromatic nitrogens is 1. The third-order valence-electron chi connectivity index (χ3n) is 4.57. The lowest BCUT2D eigenvalue weighted by Gasteiger charge is -2.39. The van der Waals surface area contributed by atoms with Crippen LogP contribution in [0.5, 0.6) is 11.6 Å². The van der Waals surface area contributed by atoms with Gasteiger partial charge in [0.05, 0.1) is 35.5 Å². The number of halogens is 6. The van der Waals surface area contributed by atoms with Gasteiger partial charge in [-0.15, -0.1) is 0 Å². The summed E-state index contributed by atoms with van der Waals surface area (Å²) in [5.74, 6) is -0.209. The van der Waals surface area contributed by atoms with Gasteiger partial charge in [0.25, 0.3) is 0 Å². The largest absolute Gasteiger partial charge is 0.489 e. The Kier molecular flexibility index (Phi) is 6.45. The molecular formula is C20H22F6N2O3. The van der Waals surface area contributed by atoms with Crippen molar-refractivity contribution in [3.8, 4) is 11.6 Å². The lowest BCUT2D eigenvalue weighted by molar-refractivity contribution is -0.136. The van der Waals surface area contributed by atoms with Gasteiger partial charge < -0.3 is 19.1 Å². The van der Waals surface area contributed by atoms with Crippen LogP contribution >= 0.6 is 0 Å². The number of hydrogen-bond acceptors (Lipinski definition) is 5. The van der Waals surface area contributed by atoms with E-state index in [1.807, 2.05) is 0 Å². The maximum absolute atomic E-state index is 13.8. The summed E-state index contributed by atoms with van der Waals surface area (Å²) in [4.78, 5) is 5.08. The van der Waals surface area contributed by atoms with Crippen molar-refractivity contribution >= 4 is 16.6 Å². The van der Waals surface area contributed by atoms with E-state index in [2.05, 4.69) is 4.98 Å². The van der Waals surface area contributed by atoms with E-state index in [-0.39, 0.29) is 48.0 Å². The van der Waals surface area contributed by atoms with Gasteiger partial charge in [0.15, 0.2) is 0 Å². The summed E-state index contributed by atoms with van der Waals surface area (Å²) in [6.45, 7) is 3.73. The van der Waals surface area contributed by atoms with E-state index in [9.17, 15) is 26.3 Å². The van der Waals surface area contributed by atoms with Crippen molar-refractivity contribution in [2.45, 2.75) is 45.3 Å². The second-order valence-corrected chi connectivity index (χ2v) is 7.38. The molecule has 3 rings (SSSR count). The lowest BCUT2D eigenvalue weighted by Crippen LogP contribution is -2.49. The first kappa shape index (κ1) is 23.2. The van der Waals surface area contributed by atoms with Crippen LogP contribution in [0, 0.1) is 0 Å². The minimum atomic E-state index is -4.76. The zero-order chi connectivity index (χ0) is 23.0. The number of fused-ring (bicyclic) bond motifs is 2. The van der Waals surface area contributed by atoms with E-state index in [4.69, 9.17) is 14.2 Å². The molecule has 0 aliphatic carbocycles. The van der Waals surface area contributed by atoms with Crippen molar-refractivity contribution in [2.24, 2.45) is 0 Å². The van der Waals surface area contributed by atoms with Crippen LogP contribution in [0.2, 0.25) is 0 Å². The summed E-state index contributed by atoms with van der Waals surface area (Å²) in [7, 11) is 0. The molecule has 0 amide bonds. The molecule has 31 heavy (non-hydrogen) atoms. The molecule has 0 N–H and O–H groups in total. The van der Waals surface area contributed by atoms with Crippen LogP contribution in [0.3, 0.4) is 0 Å². The highest BCUT2D eigenvalue weighted by Crippen LogP contribution is 2.43. The van der Waals surface area contributed by atoms with E-state index < -0.39 is 36.6 Å². The predicted molar refractivity (Wildman–Crippen MR) is 102 cm³/mol. The first-order valence-corrected chi connectivity index (χ1v) is 9.65. The molecule has 1 unspecified atom stereocenters. The number of alkyl halides is 6. The van der Waals surface area contributed by atoms with Crippen LogP contribution < -0.4 is 14.4 Å². The minimum Gasteiger partial charge on any atom is -0.489 e. The van der Waals surface area contributed by atoms with E-state index in [1.165, 1.54) is 6.07 Å². The maximum atomic E-state index is 13.8. The first-order valence-electron chi connectivity index (χ1n) is 9.65. The number of nitrogens with zero attached hydrogens (tertiary/aromatic N) is 2. The third kappa shape index (κ3) is 5.44. The van der Waals surface area contributed by atoms with Crippen molar-refractivity contribution in [1.82, 2.24) is 4.98 Å². The van der Waals surface area contributed by atoms with Crippen LogP contribution in [0.1, 0.15) is 26.3 Å². The molecule has 1 aromatic carbocycles. The molecule has 0 fully saturated rings. The van der Waals surface area contributed by atoms with Crippen LogP contribution in [0.4, 0.5) is 32.0 Å². The Morgan fingerprint density at radius 1 is 1.16 bits per heavy atom. The summed E-state index contributed by atoms with van der Waals surface area (Å²) in [5, 5.41) is -0.338. The Bertz CT molecular complexity index is 930. The fourth-order valence-electron chi connectivity index (χ4n) is 3.37. The van der Waals surface area contributed by atoms with Crippen molar-refractivity contribution in [3.63, 3.8) is 0 Å². The standard InChI is InChI=1S/C20H22F6N2O3/c1-4-29-8-12-9-30-17-7-15-13(5-16(17)28(12)10-19(21,22)23)14(20(24,25)26)6-18(27-15)31-11(2)3/h5-7,11-12H,4,8-10H2,1-3H3. The average molecular weight is 452 g/mol. The summed E-state index contributed by atoms with van der Waals surface area (Å²) in [5.41, 5.74) is -1.22. The Hall–Kier alpha value is -2.43. The highest BCUT2D eigenvalue weighted by atomic mass is 19.4. The SMILES string of the molecule is CCOCC1COc2cc3nc(OC(C)C)cc(C(F)(F)F)c3cc2N1CC(F)(F)F. The molecule has 0 saturated carbocycles. The van der Waals surface area contributed by atoms with E-state index >= 15 is 0 Å². The average Bonchev–Trinajstić information content (AvgIpc) is 2.63. The van der Waals surface area contributed by atoms with E-state index in [0.29, 0.717) is 0 Å². The van der Waals surface area contributed by atoms with Crippen LogP contribution in [0.25, 0.3) is 10.9 Å². The van der Waals surface area contributed by atoms with Gasteiger partial charge in [-0.1, -0.05) is 0 Å². The topological polar surface area (TPSA) is 43.8 Å². The molecule has 1 aliphatic heterocycles. The molecule has 0 radical (unpaired) electrons. The lowest BCUT2D eigenvalue weighted by atomic mass is 10.0. The molecule has 2 aromatic rings. The van der Waals surface area contributed by atoms with Crippen molar-refractivity contribution < 1.29 is 40.6 Å². The van der Waals surface area contributed by atoms with Gasteiger partial charge in [-0.3, -0.25) is 0 Å². The number of rotatable bonds is 6. The highest BCUT2D eigenvalue weighted by Gasteiger charge is 2.39. The van der Waals surface area contributed by atoms with Gasteiger partial charge in [-0.2, -0.15) is 26.3 Å². The summed E-state index contributed by atoms with van der Waals surface area (Å²) >= 11 is 0. The van der Waals surface area contributed by atoms with Crippen LogP contribution in [-0.2, 0) is 10.9 Å². The number of anilines is 1. The molecule has 172 valence electrons. The molecule has 2 heterocycles. The monoisotopic (exact) mass is 452 g/mol. The normalized spacial score (nSPS) is 17.1. The number of ether oxygens (including phenoxy) is 3. The molecule has 0 bridgehead atoms. The molecule has 1 aliphatic rings. The van der Waals surface area contributed by atoms with Gasteiger partial charge in [0.1, 0.15) is 18.9 Å². The Morgan fingerprint density at radius 3 is 2.45 bits per heavy atom. The molecule has 11 heteroatoms. The van der Waals surface area contributed by atoms with Crippen molar-refractivity contribution in [3.05, 3.63) is 23.8 Å². The van der Waals surface area contributed by atoms with Crippen LogP contribution in [0.15, 0.2) is 18.2 Å². The van der Waals surface area contributed by atoms with Gasteiger partial charge in [0, 0.05) is 24.1 Å².